The van der Waals surface area contributed by atoms with Gasteiger partial charge in [-0.25, -0.2) is 4.39 Å². The lowest BCUT2D eigenvalue weighted by Crippen LogP contribution is -2.18. The van der Waals surface area contributed by atoms with E-state index in [9.17, 15) is 13.4 Å². The van der Waals surface area contributed by atoms with Crippen molar-refractivity contribution in [3.05, 3.63) is 35.6 Å². The Hall–Kier alpha value is -1.23. The summed E-state index contributed by atoms with van der Waals surface area (Å²) in [6.45, 7) is 0. The minimum Gasteiger partial charge on any atom is -0.469 e. The van der Waals surface area contributed by atoms with Gasteiger partial charge in [-0.15, -0.1) is 0 Å². The van der Waals surface area contributed by atoms with E-state index in [1.165, 1.54) is 13.2 Å². The summed E-state index contributed by atoms with van der Waals surface area (Å²) in [5, 5.41) is 0. The van der Waals surface area contributed by atoms with E-state index in [4.69, 9.17) is 0 Å². The molecule has 0 heterocycles. The Morgan fingerprint density at radius 3 is 2.68 bits per heavy atom. The highest BCUT2D eigenvalue weighted by Gasteiger charge is 2.45. The lowest BCUT2D eigenvalue weighted by molar-refractivity contribution is -0.141. The number of methoxy groups -OCH3 is 1. The van der Waals surface area contributed by atoms with Crippen LogP contribution in [-0.2, 0) is 26.1 Å². The molecule has 1 aliphatic carbocycles. The standard InChI is InChI=1S/C14H17FO3S/c1-18-13(16)8-14(6-7-14)10-19(17)9-11-4-2-3-5-12(11)15/h2-5H,6-10H2,1H3. The van der Waals surface area contributed by atoms with E-state index in [1.54, 1.807) is 18.2 Å². The zero-order chi connectivity index (χ0) is 13.9. The number of carbonyl (C=O) groups is 1. The highest BCUT2D eigenvalue weighted by Crippen LogP contribution is 2.49. The first-order chi connectivity index (χ1) is 9.04. The van der Waals surface area contributed by atoms with Gasteiger partial charge in [0.2, 0.25) is 0 Å². The van der Waals surface area contributed by atoms with Crippen molar-refractivity contribution in [2.24, 2.45) is 5.41 Å². The summed E-state index contributed by atoms with van der Waals surface area (Å²) in [6, 6.07) is 6.36. The summed E-state index contributed by atoms with van der Waals surface area (Å²) in [7, 11) is 0.201. The maximum absolute atomic E-state index is 13.5. The highest BCUT2D eigenvalue weighted by atomic mass is 32.2. The molecular weight excluding hydrogens is 267 g/mol. The molecule has 0 aromatic heterocycles. The van der Waals surface area contributed by atoms with Crippen molar-refractivity contribution in [3.63, 3.8) is 0 Å². The molecule has 3 nitrogen and oxygen atoms in total. The number of halogens is 1. The van der Waals surface area contributed by atoms with Crippen LogP contribution in [0.1, 0.15) is 24.8 Å². The molecule has 0 aliphatic heterocycles. The van der Waals surface area contributed by atoms with Crippen LogP contribution in [0.4, 0.5) is 4.39 Å². The van der Waals surface area contributed by atoms with Crippen molar-refractivity contribution >= 4 is 16.8 Å². The Bertz CT molecular complexity index is 497. The van der Waals surface area contributed by atoms with Crippen molar-refractivity contribution < 1.29 is 18.1 Å². The van der Waals surface area contributed by atoms with Gasteiger partial charge >= 0.3 is 5.97 Å². The van der Waals surface area contributed by atoms with Gasteiger partial charge in [0, 0.05) is 22.1 Å². The second-order valence-electron chi connectivity index (χ2n) is 5.07. The predicted molar refractivity (Wildman–Crippen MR) is 71.4 cm³/mol. The van der Waals surface area contributed by atoms with Crippen molar-refractivity contribution in [3.8, 4) is 0 Å². The summed E-state index contributed by atoms with van der Waals surface area (Å²) >= 11 is 0. The molecule has 1 aromatic carbocycles. The molecule has 0 amide bonds. The quantitative estimate of drug-likeness (QED) is 0.753. The number of hydrogen-bond donors (Lipinski definition) is 0. The SMILES string of the molecule is COC(=O)CC1(CS(=O)Cc2ccccc2F)CC1. The monoisotopic (exact) mass is 284 g/mol. The van der Waals surface area contributed by atoms with E-state index in [-0.39, 0.29) is 23.0 Å². The molecule has 1 saturated carbocycles. The third-order valence-electron chi connectivity index (χ3n) is 3.45. The number of esters is 1. The predicted octanol–water partition coefficient (Wildman–Crippen LogP) is 2.42. The Labute approximate surface area is 114 Å². The van der Waals surface area contributed by atoms with Gasteiger partial charge in [0.05, 0.1) is 19.3 Å². The molecule has 0 spiro atoms. The molecule has 2 rings (SSSR count). The van der Waals surface area contributed by atoms with Gasteiger partial charge in [-0.3, -0.25) is 9.00 Å². The Kier molecular flexibility index (Phi) is 4.34. The average molecular weight is 284 g/mol. The summed E-state index contributed by atoms with van der Waals surface area (Å²) in [6.07, 6.45) is 2.10. The van der Waals surface area contributed by atoms with Gasteiger partial charge in [-0.1, -0.05) is 18.2 Å². The largest absolute Gasteiger partial charge is 0.469 e. The number of hydrogen-bond acceptors (Lipinski definition) is 3. The molecular formula is C14H17FO3S. The van der Waals surface area contributed by atoms with Crippen LogP contribution in [0.2, 0.25) is 0 Å². The molecule has 0 saturated heterocycles. The Morgan fingerprint density at radius 1 is 1.42 bits per heavy atom. The van der Waals surface area contributed by atoms with Crippen LogP contribution in [-0.4, -0.2) is 23.0 Å². The Morgan fingerprint density at radius 2 is 2.11 bits per heavy atom. The van der Waals surface area contributed by atoms with Crippen LogP contribution in [0.25, 0.3) is 0 Å². The highest BCUT2D eigenvalue weighted by molar-refractivity contribution is 7.84. The molecule has 0 radical (unpaired) electrons. The van der Waals surface area contributed by atoms with Crippen LogP contribution in [0.15, 0.2) is 24.3 Å². The van der Waals surface area contributed by atoms with Crippen LogP contribution in [0, 0.1) is 11.2 Å². The second kappa shape index (κ2) is 5.82. The molecule has 1 aromatic rings. The van der Waals surface area contributed by atoms with Gasteiger partial charge in [-0.05, 0) is 24.3 Å². The molecule has 1 aliphatic rings. The topological polar surface area (TPSA) is 43.4 Å². The zero-order valence-electron chi connectivity index (χ0n) is 10.9. The van der Waals surface area contributed by atoms with Crippen LogP contribution >= 0.6 is 0 Å². The molecule has 0 N–H and O–H groups in total. The van der Waals surface area contributed by atoms with Gasteiger partial charge in [0.15, 0.2) is 0 Å². The molecule has 104 valence electrons. The Balaban J connectivity index is 1.92. The maximum atomic E-state index is 13.5. The van der Waals surface area contributed by atoms with Gasteiger partial charge in [-0.2, -0.15) is 0 Å². The van der Waals surface area contributed by atoms with Gasteiger partial charge in [0.1, 0.15) is 5.82 Å². The van der Waals surface area contributed by atoms with Gasteiger partial charge in [0.25, 0.3) is 0 Å². The fraction of sp³-hybridized carbons (Fsp3) is 0.500. The molecule has 0 bridgehead atoms. The van der Waals surface area contributed by atoms with Crippen molar-refractivity contribution in [2.45, 2.75) is 25.0 Å². The van der Waals surface area contributed by atoms with Gasteiger partial charge < -0.3 is 4.74 Å². The fourth-order valence-electron chi connectivity index (χ4n) is 2.11. The summed E-state index contributed by atoms with van der Waals surface area (Å²) in [5.41, 5.74) is 0.290. The second-order valence-corrected chi connectivity index (χ2v) is 6.53. The molecule has 1 unspecified atom stereocenters. The smallest absolute Gasteiger partial charge is 0.306 e. The van der Waals surface area contributed by atoms with E-state index in [0.29, 0.717) is 17.7 Å². The van der Waals surface area contributed by atoms with E-state index in [2.05, 4.69) is 4.74 Å². The lowest BCUT2D eigenvalue weighted by Gasteiger charge is -2.13. The summed E-state index contributed by atoms with van der Waals surface area (Å²) in [4.78, 5) is 11.3. The number of rotatable bonds is 6. The molecule has 1 atom stereocenters. The normalized spacial score (nSPS) is 17.8. The first-order valence-electron chi connectivity index (χ1n) is 6.20. The van der Waals surface area contributed by atoms with E-state index >= 15 is 0 Å². The van der Waals surface area contributed by atoms with Crippen LogP contribution < -0.4 is 0 Å². The lowest BCUT2D eigenvalue weighted by atomic mass is 10.1. The van der Waals surface area contributed by atoms with E-state index < -0.39 is 10.8 Å². The molecule has 1 fully saturated rings. The van der Waals surface area contributed by atoms with Crippen molar-refractivity contribution in [1.82, 2.24) is 0 Å². The first-order valence-corrected chi connectivity index (χ1v) is 7.69. The van der Waals surface area contributed by atoms with Crippen molar-refractivity contribution in [2.75, 3.05) is 12.9 Å². The third kappa shape index (κ3) is 3.86. The fourth-order valence-corrected chi connectivity index (χ4v) is 3.87. The molecule has 19 heavy (non-hydrogen) atoms. The maximum Gasteiger partial charge on any atom is 0.306 e. The summed E-state index contributed by atoms with van der Waals surface area (Å²) in [5.74, 6) is 0.0560. The first kappa shape index (κ1) is 14.2. The minimum atomic E-state index is -1.15. The van der Waals surface area contributed by atoms with E-state index in [1.807, 2.05) is 0 Å². The van der Waals surface area contributed by atoms with E-state index in [0.717, 1.165) is 12.8 Å². The third-order valence-corrected chi connectivity index (χ3v) is 5.01. The van der Waals surface area contributed by atoms with Crippen LogP contribution in [0.3, 0.4) is 0 Å². The average Bonchev–Trinajstić information content (AvgIpc) is 3.11. The van der Waals surface area contributed by atoms with Crippen molar-refractivity contribution in [1.29, 1.82) is 0 Å². The minimum absolute atomic E-state index is 0.177. The number of benzene rings is 1. The number of ether oxygens (including phenoxy) is 1. The van der Waals surface area contributed by atoms with Crippen LogP contribution in [0.5, 0.6) is 0 Å². The zero-order valence-corrected chi connectivity index (χ0v) is 11.7. The molecule has 5 heteroatoms. The number of carbonyl (C=O) groups excluding carboxylic acids is 1. The summed E-state index contributed by atoms with van der Waals surface area (Å²) < 4.78 is 30.2.